The number of benzene rings is 1. The van der Waals surface area contributed by atoms with Gasteiger partial charge in [-0.3, -0.25) is 10.1 Å². The number of hydrogen-bond donors (Lipinski definition) is 0. The molecule has 0 amide bonds. The summed E-state index contributed by atoms with van der Waals surface area (Å²) in [5.41, 5.74) is -1.23. The van der Waals surface area contributed by atoms with Gasteiger partial charge in [-0.05, 0) is 6.07 Å². The van der Waals surface area contributed by atoms with Crippen LogP contribution in [0.15, 0.2) is 18.7 Å². The molecular formula is C8H5F2NO2. The molecule has 0 aliphatic rings. The maximum absolute atomic E-state index is 13.0. The van der Waals surface area contributed by atoms with Gasteiger partial charge in [-0.25, -0.2) is 4.39 Å². The third-order valence-corrected chi connectivity index (χ3v) is 1.51. The minimum absolute atomic E-state index is 0.478. The van der Waals surface area contributed by atoms with Crippen LogP contribution in [-0.2, 0) is 0 Å². The smallest absolute Gasteiger partial charge is 0.258 e. The first-order valence-electron chi connectivity index (χ1n) is 3.32. The molecule has 3 nitrogen and oxygen atoms in total. The fraction of sp³-hybridized carbons (Fsp3) is 0. The van der Waals surface area contributed by atoms with Crippen LogP contribution in [0.4, 0.5) is 14.5 Å². The van der Waals surface area contributed by atoms with Crippen molar-refractivity contribution in [2.75, 3.05) is 0 Å². The Morgan fingerprint density at radius 2 is 2.08 bits per heavy atom. The molecule has 1 aromatic carbocycles. The lowest BCUT2D eigenvalue weighted by Crippen LogP contribution is -1.96. The van der Waals surface area contributed by atoms with E-state index in [0.29, 0.717) is 0 Å². The molecule has 0 fully saturated rings. The van der Waals surface area contributed by atoms with Gasteiger partial charge in [0.05, 0.1) is 10.5 Å². The molecule has 0 aliphatic heterocycles. The van der Waals surface area contributed by atoms with Crippen LogP contribution < -0.4 is 0 Å². The summed E-state index contributed by atoms with van der Waals surface area (Å²) in [7, 11) is 0. The maximum atomic E-state index is 13.0. The van der Waals surface area contributed by atoms with Gasteiger partial charge in [-0.1, -0.05) is 12.7 Å². The van der Waals surface area contributed by atoms with Crippen molar-refractivity contribution in [1.82, 2.24) is 0 Å². The third-order valence-electron chi connectivity index (χ3n) is 1.51. The second-order valence-corrected chi connectivity index (χ2v) is 2.26. The van der Waals surface area contributed by atoms with Gasteiger partial charge in [0.25, 0.3) is 0 Å². The van der Waals surface area contributed by atoms with E-state index in [4.69, 9.17) is 0 Å². The van der Waals surface area contributed by atoms with E-state index in [-0.39, 0.29) is 0 Å². The van der Waals surface area contributed by atoms with Crippen LogP contribution in [-0.4, -0.2) is 4.92 Å². The number of nitrogens with zero attached hydrogens (tertiary/aromatic N) is 1. The summed E-state index contributed by atoms with van der Waals surface area (Å²) in [5, 5.41) is 10.2. The van der Waals surface area contributed by atoms with Crippen LogP contribution in [0, 0.1) is 21.7 Å². The van der Waals surface area contributed by atoms with Crippen LogP contribution in [0.5, 0.6) is 0 Å². The fourth-order valence-electron chi connectivity index (χ4n) is 0.886. The van der Waals surface area contributed by atoms with E-state index >= 15 is 0 Å². The Balaban J connectivity index is 3.44. The van der Waals surface area contributed by atoms with E-state index in [1.54, 1.807) is 0 Å². The Hall–Kier alpha value is -1.78. The molecule has 68 valence electrons. The Morgan fingerprint density at radius 1 is 1.46 bits per heavy atom. The number of rotatable bonds is 2. The molecule has 0 saturated carbocycles. The highest BCUT2D eigenvalue weighted by atomic mass is 19.1. The molecular weight excluding hydrogens is 180 g/mol. The summed E-state index contributed by atoms with van der Waals surface area (Å²) in [6.07, 6.45) is 0.900. The first kappa shape index (κ1) is 9.31. The SMILES string of the molecule is C=Cc1c(F)ccc([N+](=O)[O-])c1F. The second kappa shape index (κ2) is 3.30. The molecule has 0 bridgehead atoms. The quantitative estimate of drug-likeness (QED) is 0.524. The van der Waals surface area contributed by atoms with Gasteiger partial charge in [0.15, 0.2) is 0 Å². The molecule has 5 heteroatoms. The highest BCUT2D eigenvalue weighted by Gasteiger charge is 2.18. The number of nitro groups is 1. The van der Waals surface area contributed by atoms with Crippen molar-refractivity contribution in [3.05, 3.63) is 46.0 Å². The molecule has 0 aromatic heterocycles. The highest BCUT2D eigenvalue weighted by Crippen LogP contribution is 2.23. The summed E-state index contributed by atoms with van der Waals surface area (Å²) >= 11 is 0. The van der Waals surface area contributed by atoms with E-state index in [2.05, 4.69) is 6.58 Å². The standard InChI is InChI=1S/C8H5F2NO2/c1-2-5-6(9)3-4-7(8(5)10)11(12)13/h2-4H,1H2. The second-order valence-electron chi connectivity index (χ2n) is 2.26. The Bertz CT molecular complexity index is 377. The Labute approximate surface area is 72.5 Å². The van der Waals surface area contributed by atoms with Crippen molar-refractivity contribution < 1.29 is 13.7 Å². The van der Waals surface area contributed by atoms with E-state index in [0.717, 1.165) is 18.2 Å². The highest BCUT2D eigenvalue weighted by molar-refractivity contribution is 5.53. The monoisotopic (exact) mass is 185 g/mol. The zero-order chi connectivity index (χ0) is 10.0. The van der Waals surface area contributed by atoms with E-state index in [1.807, 2.05) is 0 Å². The molecule has 0 radical (unpaired) electrons. The predicted octanol–water partition coefficient (Wildman–Crippen LogP) is 2.52. The van der Waals surface area contributed by atoms with E-state index in [1.165, 1.54) is 0 Å². The van der Waals surface area contributed by atoms with Crippen LogP contribution in [0.2, 0.25) is 0 Å². The van der Waals surface area contributed by atoms with Gasteiger partial charge in [0, 0.05) is 6.07 Å². The van der Waals surface area contributed by atoms with Crippen LogP contribution in [0.3, 0.4) is 0 Å². The summed E-state index contributed by atoms with van der Waals surface area (Å²) in [4.78, 5) is 9.30. The zero-order valence-electron chi connectivity index (χ0n) is 6.46. The van der Waals surface area contributed by atoms with Crippen LogP contribution in [0.25, 0.3) is 6.08 Å². The van der Waals surface area contributed by atoms with E-state index < -0.39 is 27.8 Å². The molecule has 0 N–H and O–H groups in total. The van der Waals surface area contributed by atoms with E-state index in [9.17, 15) is 18.9 Å². The molecule has 0 unspecified atom stereocenters. The molecule has 0 atom stereocenters. The average molecular weight is 185 g/mol. The van der Waals surface area contributed by atoms with Crippen molar-refractivity contribution in [3.63, 3.8) is 0 Å². The van der Waals surface area contributed by atoms with Crippen molar-refractivity contribution in [1.29, 1.82) is 0 Å². The van der Waals surface area contributed by atoms with Crippen molar-refractivity contribution in [2.24, 2.45) is 0 Å². The van der Waals surface area contributed by atoms with Gasteiger partial charge in [-0.2, -0.15) is 4.39 Å². The number of hydrogen-bond acceptors (Lipinski definition) is 2. The lowest BCUT2D eigenvalue weighted by Gasteiger charge is -1.98. The maximum Gasteiger partial charge on any atom is 0.305 e. The summed E-state index contributed by atoms with van der Waals surface area (Å²) < 4.78 is 25.8. The molecule has 1 rings (SSSR count). The van der Waals surface area contributed by atoms with Gasteiger partial charge in [0.1, 0.15) is 5.82 Å². The predicted molar refractivity (Wildman–Crippen MR) is 43.1 cm³/mol. The average Bonchev–Trinajstić information content (AvgIpc) is 2.04. The van der Waals surface area contributed by atoms with Gasteiger partial charge in [-0.15, -0.1) is 0 Å². The van der Waals surface area contributed by atoms with Gasteiger partial charge >= 0.3 is 5.69 Å². The first-order chi connectivity index (χ1) is 6.07. The van der Waals surface area contributed by atoms with Crippen LogP contribution >= 0.6 is 0 Å². The number of nitro benzene ring substituents is 1. The lowest BCUT2D eigenvalue weighted by atomic mass is 10.1. The molecule has 1 aromatic rings. The van der Waals surface area contributed by atoms with Crippen molar-refractivity contribution >= 4 is 11.8 Å². The van der Waals surface area contributed by atoms with Crippen molar-refractivity contribution in [3.8, 4) is 0 Å². The Kier molecular flexibility index (Phi) is 2.36. The first-order valence-corrected chi connectivity index (χ1v) is 3.32. The van der Waals surface area contributed by atoms with Gasteiger partial charge in [0.2, 0.25) is 5.82 Å². The molecule has 0 heterocycles. The largest absolute Gasteiger partial charge is 0.305 e. The van der Waals surface area contributed by atoms with Crippen molar-refractivity contribution in [2.45, 2.75) is 0 Å². The van der Waals surface area contributed by atoms with Crippen LogP contribution in [0.1, 0.15) is 5.56 Å². The molecule has 0 aliphatic carbocycles. The lowest BCUT2D eigenvalue weighted by molar-refractivity contribution is -0.387. The normalized spacial score (nSPS) is 9.69. The summed E-state index contributed by atoms with van der Waals surface area (Å²) in [6.45, 7) is 3.15. The molecule has 0 spiro atoms. The minimum atomic E-state index is -1.19. The summed E-state index contributed by atoms with van der Waals surface area (Å²) in [6, 6.07) is 1.61. The van der Waals surface area contributed by atoms with Gasteiger partial charge < -0.3 is 0 Å². The minimum Gasteiger partial charge on any atom is -0.258 e. The third kappa shape index (κ3) is 1.53. The zero-order valence-corrected chi connectivity index (χ0v) is 6.46. The fourth-order valence-corrected chi connectivity index (χ4v) is 0.886. The molecule has 13 heavy (non-hydrogen) atoms. The topological polar surface area (TPSA) is 43.1 Å². The molecule has 0 saturated heterocycles. The number of halogens is 2. The Morgan fingerprint density at radius 3 is 2.54 bits per heavy atom. The summed E-state index contributed by atoms with van der Waals surface area (Å²) in [5.74, 6) is -2.06.